The number of rotatable bonds is 5. The molecule has 1 fully saturated rings. The Morgan fingerprint density at radius 2 is 2.08 bits per heavy atom. The van der Waals surface area contributed by atoms with Crippen molar-refractivity contribution in [3.63, 3.8) is 0 Å². The smallest absolute Gasteiger partial charge is 0.267 e. The van der Waals surface area contributed by atoms with Crippen molar-refractivity contribution >= 4 is 46.5 Å². The van der Waals surface area contributed by atoms with Crippen molar-refractivity contribution in [1.82, 2.24) is 4.98 Å². The maximum absolute atomic E-state index is 12.6. The van der Waals surface area contributed by atoms with E-state index in [9.17, 15) is 4.79 Å². The zero-order chi connectivity index (χ0) is 17.1. The van der Waals surface area contributed by atoms with Crippen LogP contribution in [0.1, 0.15) is 44.4 Å². The fourth-order valence-corrected chi connectivity index (χ4v) is 6.61. The highest BCUT2D eigenvalue weighted by Gasteiger charge is 2.20. The standard InChI is InChI=1S/C18H22N2OS3/c1-11(2)9-15-19-12(3)16(24-15)17(21)20-14-6-4-5-13(10-14)18-22-7-8-23-18/h4-6,10-11,18H,7-9H2,1-3H3,(H,20,21). The fraction of sp³-hybridized carbons (Fsp3) is 0.444. The minimum absolute atomic E-state index is 0.0520. The number of carbonyl (C=O) groups is 1. The van der Waals surface area contributed by atoms with Crippen molar-refractivity contribution < 1.29 is 4.79 Å². The van der Waals surface area contributed by atoms with Gasteiger partial charge >= 0.3 is 0 Å². The summed E-state index contributed by atoms with van der Waals surface area (Å²) in [6.45, 7) is 6.25. The Labute approximate surface area is 156 Å². The Morgan fingerprint density at radius 1 is 1.33 bits per heavy atom. The largest absolute Gasteiger partial charge is 0.321 e. The number of benzene rings is 1. The van der Waals surface area contributed by atoms with Gasteiger partial charge in [-0.25, -0.2) is 4.98 Å². The molecule has 1 aromatic heterocycles. The Hall–Kier alpha value is -0.980. The van der Waals surface area contributed by atoms with Crippen LogP contribution in [0.5, 0.6) is 0 Å². The van der Waals surface area contributed by atoms with Crippen molar-refractivity contribution in [1.29, 1.82) is 0 Å². The zero-order valence-corrected chi connectivity index (χ0v) is 16.6. The van der Waals surface area contributed by atoms with Crippen molar-refractivity contribution in [2.75, 3.05) is 16.8 Å². The number of thioether (sulfide) groups is 2. The Bertz CT molecular complexity index is 721. The quantitative estimate of drug-likeness (QED) is 0.758. The Balaban J connectivity index is 1.72. The first-order valence-corrected chi connectivity index (χ1v) is 11.0. The first-order valence-electron chi connectivity index (χ1n) is 8.13. The molecule has 2 heterocycles. The third-order valence-corrected chi connectivity index (χ3v) is 7.95. The molecule has 1 saturated heterocycles. The van der Waals surface area contributed by atoms with Gasteiger partial charge in [-0.2, -0.15) is 0 Å². The molecule has 128 valence electrons. The second-order valence-corrected chi connectivity index (χ2v) is 10.1. The average molecular weight is 379 g/mol. The molecular formula is C18H22N2OS3. The molecule has 0 saturated carbocycles. The summed E-state index contributed by atoms with van der Waals surface area (Å²) < 4.78 is 0.490. The highest BCUT2D eigenvalue weighted by molar-refractivity contribution is 8.19. The van der Waals surface area contributed by atoms with E-state index in [1.165, 1.54) is 28.4 Å². The second kappa shape index (κ2) is 7.93. The molecule has 6 heteroatoms. The van der Waals surface area contributed by atoms with Crippen LogP contribution in [0.3, 0.4) is 0 Å². The molecule has 1 aromatic carbocycles. The van der Waals surface area contributed by atoms with Crippen LogP contribution in [-0.4, -0.2) is 22.4 Å². The molecule has 0 radical (unpaired) electrons. The molecule has 3 rings (SSSR count). The summed E-state index contributed by atoms with van der Waals surface area (Å²) in [5.41, 5.74) is 2.97. The molecule has 0 bridgehead atoms. The van der Waals surface area contributed by atoms with Gasteiger partial charge in [-0.1, -0.05) is 26.0 Å². The van der Waals surface area contributed by atoms with E-state index in [-0.39, 0.29) is 5.91 Å². The van der Waals surface area contributed by atoms with Crippen molar-refractivity contribution in [3.8, 4) is 0 Å². The molecule has 0 unspecified atom stereocenters. The number of hydrogen-bond donors (Lipinski definition) is 1. The average Bonchev–Trinajstić information content (AvgIpc) is 3.17. The normalized spacial score (nSPS) is 15.2. The molecule has 1 aliphatic rings. The zero-order valence-electron chi connectivity index (χ0n) is 14.2. The summed E-state index contributed by atoms with van der Waals surface area (Å²) in [6, 6.07) is 8.22. The third-order valence-electron chi connectivity index (χ3n) is 3.67. The number of amides is 1. The summed E-state index contributed by atoms with van der Waals surface area (Å²) in [6.07, 6.45) is 0.921. The number of anilines is 1. The van der Waals surface area contributed by atoms with Crippen molar-refractivity contribution in [3.05, 3.63) is 45.4 Å². The SMILES string of the molecule is Cc1nc(CC(C)C)sc1C(=O)Nc1cccc(C2SCCS2)c1. The minimum Gasteiger partial charge on any atom is -0.321 e. The molecule has 3 nitrogen and oxygen atoms in total. The first-order chi connectivity index (χ1) is 11.5. The number of aryl methyl sites for hydroxylation is 1. The van der Waals surface area contributed by atoms with Crippen molar-refractivity contribution in [2.45, 2.75) is 31.8 Å². The van der Waals surface area contributed by atoms with Gasteiger partial charge < -0.3 is 5.32 Å². The van der Waals surface area contributed by atoms with Gasteiger partial charge in [0, 0.05) is 23.6 Å². The second-order valence-electron chi connectivity index (χ2n) is 6.27. The monoisotopic (exact) mass is 378 g/mol. The van der Waals surface area contributed by atoms with Crippen LogP contribution in [0.2, 0.25) is 0 Å². The Kier molecular flexibility index (Phi) is 5.89. The lowest BCUT2D eigenvalue weighted by Gasteiger charge is -2.11. The van der Waals surface area contributed by atoms with Gasteiger partial charge in [0.05, 0.1) is 15.3 Å². The number of nitrogens with one attached hydrogen (secondary N) is 1. The summed E-state index contributed by atoms with van der Waals surface area (Å²) >= 11 is 5.46. The summed E-state index contributed by atoms with van der Waals surface area (Å²) in [4.78, 5) is 17.9. The molecule has 2 aromatic rings. The predicted octanol–water partition coefficient (Wildman–Crippen LogP) is 5.38. The molecule has 1 amide bonds. The number of thiazole rings is 1. The molecular weight excluding hydrogens is 356 g/mol. The van der Waals surface area contributed by atoms with Gasteiger partial charge in [-0.3, -0.25) is 4.79 Å². The van der Waals surface area contributed by atoms with Crippen LogP contribution in [0, 0.1) is 12.8 Å². The van der Waals surface area contributed by atoms with Crippen LogP contribution in [0.15, 0.2) is 24.3 Å². The van der Waals surface area contributed by atoms with Crippen LogP contribution >= 0.6 is 34.9 Å². The highest BCUT2D eigenvalue weighted by atomic mass is 32.2. The van der Waals surface area contributed by atoms with E-state index in [1.54, 1.807) is 0 Å². The first kappa shape index (κ1) is 17.8. The third kappa shape index (κ3) is 4.35. The lowest BCUT2D eigenvalue weighted by Crippen LogP contribution is -2.11. The molecule has 1 N–H and O–H groups in total. The van der Waals surface area contributed by atoms with E-state index < -0.39 is 0 Å². The van der Waals surface area contributed by atoms with Gasteiger partial charge in [-0.05, 0) is 30.5 Å². The van der Waals surface area contributed by atoms with Crippen LogP contribution in [-0.2, 0) is 6.42 Å². The van der Waals surface area contributed by atoms with Gasteiger partial charge in [0.2, 0.25) is 0 Å². The fourth-order valence-electron chi connectivity index (χ4n) is 2.60. The van der Waals surface area contributed by atoms with E-state index in [2.05, 4.69) is 36.3 Å². The van der Waals surface area contributed by atoms with Gasteiger partial charge in [0.1, 0.15) is 4.88 Å². The van der Waals surface area contributed by atoms with E-state index >= 15 is 0 Å². The van der Waals surface area contributed by atoms with Crippen molar-refractivity contribution in [2.24, 2.45) is 5.92 Å². The number of aromatic nitrogens is 1. The van der Waals surface area contributed by atoms with Gasteiger partial charge in [0.25, 0.3) is 5.91 Å². The summed E-state index contributed by atoms with van der Waals surface area (Å²) in [5, 5.41) is 4.08. The summed E-state index contributed by atoms with van der Waals surface area (Å²) in [7, 11) is 0. The van der Waals surface area contributed by atoms with E-state index in [1.807, 2.05) is 42.6 Å². The van der Waals surface area contributed by atoms with E-state index in [0.29, 0.717) is 10.5 Å². The number of carbonyl (C=O) groups excluding carboxylic acids is 1. The summed E-state index contributed by atoms with van der Waals surface area (Å²) in [5.74, 6) is 2.89. The molecule has 0 aliphatic carbocycles. The molecule has 24 heavy (non-hydrogen) atoms. The number of hydrogen-bond acceptors (Lipinski definition) is 5. The maximum atomic E-state index is 12.6. The highest BCUT2D eigenvalue weighted by Crippen LogP contribution is 2.45. The van der Waals surface area contributed by atoms with Crippen LogP contribution < -0.4 is 5.32 Å². The lowest BCUT2D eigenvalue weighted by molar-refractivity contribution is 0.103. The topological polar surface area (TPSA) is 42.0 Å². The van der Waals surface area contributed by atoms with Crippen LogP contribution in [0.4, 0.5) is 5.69 Å². The number of nitrogens with zero attached hydrogens (tertiary/aromatic N) is 1. The minimum atomic E-state index is -0.0520. The van der Waals surface area contributed by atoms with E-state index in [4.69, 9.17) is 0 Å². The van der Waals surface area contributed by atoms with E-state index in [0.717, 1.165) is 27.7 Å². The van der Waals surface area contributed by atoms with Crippen LogP contribution in [0.25, 0.3) is 0 Å². The van der Waals surface area contributed by atoms with Gasteiger partial charge in [0.15, 0.2) is 0 Å². The molecule has 0 spiro atoms. The molecule has 0 atom stereocenters. The predicted molar refractivity (Wildman–Crippen MR) is 107 cm³/mol. The van der Waals surface area contributed by atoms with Gasteiger partial charge in [-0.15, -0.1) is 34.9 Å². The maximum Gasteiger partial charge on any atom is 0.267 e. The molecule has 1 aliphatic heterocycles. The lowest BCUT2D eigenvalue weighted by atomic mass is 10.1. The Morgan fingerprint density at radius 3 is 2.79 bits per heavy atom.